The summed E-state index contributed by atoms with van der Waals surface area (Å²) in [5.41, 5.74) is 4.85. The summed E-state index contributed by atoms with van der Waals surface area (Å²) in [6, 6.07) is 19.6. The number of hydrogen-bond acceptors (Lipinski definition) is 5. The quantitative estimate of drug-likeness (QED) is 0.267. The predicted molar refractivity (Wildman–Crippen MR) is 154 cm³/mol. The maximum atomic E-state index is 13.7. The van der Waals surface area contributed by atoms with Crippen LogP contribution in [0.5, 0.6) is 5.75 Å². The maximum absolute atomic E-state index is 13.7. The lowest BCUT2D eigenvalue weighted by Gasteiger charge is -2.16. The number of hydrogen-bond donors (Lipinski definition) is 3. The van der Waals surface area contributed by atoms with Crippen molar-refractivity contribution < 1.29 is 19.1 Å². The van der Waals surface area contributed by atoms with Crippen LogP contribution in [0.25, 0.3) is 21.9 Å². The van der Waals surface area contributed by atoms with E-state index in [1.54, 1.807) is 36.3 Å². The lowest BCUT2D eigenvalue weighted by atomic mass is 10.1. The number of nitrogens with zero attached hydrogens (tertiary/aromatic N) is 3. The van der Waals surface area contributed by atoms with Gasteiger partial charge in [-0.15, -0.1) is 0 Å². The van der Waals surface area contributed by atoms with E-state index in [9.17, 15) is 14.4 Å². The van der Waals surface area contributed by atoms with Crippen LogP contribution in [0.15, 0.2) is 72.9 Å². The SMILES string of the molecule is COc1ccc2[nH]cc(CCN3C(=O)C(CC(=O)Nc4ccc(NC(C)=O)cc4)n4c3nc3ccccc34)c2c1. The number of aromatic nitrogens is 3. The summed E-state index contributed by atoms with van der Waals surface area (Å²) < 4.78 is 7.26. The molecular weight excluding hydrogens is 508 g/mol. The molecule has 0 radical (unpaired) electrons. The molecule has 1 unspecified atom stereocenters. The molecule has 0 saturated carbocycles. The van der Waals surface area contributed by atoms with Crippen LogP contribution in [0.3, 0.4) is 0 Å². The zero-order valence-corrected chi connectivity index (χ0v) is 22.1. The summed E-state index contributed by atoms with van der Waals surface area (Å²) in [4.78, 5) is 47.8. The van der Waals surface area contributed by atoms with E-state index in [4.69, 9.17) is 9.72 Å². The van der Waals surface area contributed by atoms with Gasteiger partial charge in [0, 0.05) is 41.9 Å². The maximum Gasteiger partial charge on any atom is 0.253 e. The van der Waals surface area contributed by atoms with Crippen LogP contribution in [0, 0.1) is 0 Å². The van der Waals surface area contributed by atoms with Gasteiger partial charge in [0.25, 0.3) is 5.91 Å². The molecule has 3 amide bonds. The standard InChI is InChI=1S/C30H28N6O4/c1-18(37)32-20-7-9-21(10-8-20)33-28(38)16-27-29(39)35(30-34-25-5-3-4-6-26(25)36(27)30)14-13-19-17-31-24-12-11-22(40-2)15-23(19)24/h3-12,15,17,27,31H,13-14,16H2,1-2H3,(H,32,37)(H,33,38). The smallest absolute Gasteiger partial charge is 0.253 e. The van der Waals surface area contributed by atoms with Crippen LogP contribution < -0.4 is 20.3 Å². The van der Waals surface area contributed by atoms with E-state index in [1.807, 2.05) is 53.2 Å². The van der Waals surface area contributed by atoms with E-state index >= 15 is 0 Å². The topological polar surface area (TPSA) is 121 Å². The van der Waals surface area contributed by atoms with Crippen molar-refractivity contribution >= 4 is 57.0 Å². The summed E-state index contributed by atoms with van der Waals surface area (Å²) in [5.74, 6) is 0.680. The summed E-state index contributed by atoms with van der Waals surface area (Å²) in [7, 11) is 1.64. The Hall–Kier alpha value is -5.12. The second kappa shape index (κ2) is 10.2. The molecule has 0 bridgehead atoms. The van der Waals surface area contributed by atoms with Crippen LogP contribution >= 0.6 is 0 Å². The van der Waals surface area contributed by atoms with Crippen LogP contribution in [-0.2, 0) is 20.8 Å². The highest BCUT2D eigenvalue weighted by Crippen LogP contribution is 2.37. The molecule has 0 aliphatic carbocycles. The number of imidazole rings is 1. The highest BCUT2D eigenvalue weighted by atomic mass is 16.5. The van der Waals surface area contributed by atoms with Crippen LogP contribution in [0.1, 0.15) is 24.9 Å². The minimum atomic E-state index is -0.718. The lowest BCUT2D eigenvalue weighted by molar-refractivity contribution is -0.124. The minimum Gasteiger partial charge on any atom is -0.497 e. The first-order valence-electron chi connectivity index (χ1n) is 13.0. The molecule has 1 atom stereocenters. The van der Waals surface area contributed by atoms with Crippen molar-refractivity contribution in [3.8, 4) is 5.75 Å². The fourth-order valence-corrected chi connectivity index (χ4v) is 5.26. The van der Waals surface area contributed by atoms with E-state index in [0.29, 0.717) is 30.3 Å². The molecule has 40 heavy (non-hydrogen) atoms. The normalized spacial score (nSPS) is 14.5. The van der Waals surface area contributed by atoms with Crippen molar-refractivity contribution in [2.45, 2.75) is 25.8 Å². The van der Waals surface area contributed by atoms with Gasteiger partial charge in [-0.05, 0) is 66.6 Å². The Morgan fingerprint density at radius 1 is 1.02 bits per heavy atom. The Morgan fingerprint density at radius 3 is 2.52 bits per heavy atom. The van der Waals surface area contributed by atoms with Gasteiger partial charge in [-0.2, -0.15) is 0 Å². The largest absolute Gasteiger partial charge is 0.497 e. The van der Waals surface area contributed by atoms with Gasteiger partial charge in [0.05, 0.1) is 24.6 Å². The molecule has 1 aliphatic heterocycles. The Bertz CT molecular complexity index is 1750. The number of fused-ring (bicyclic) bond motifs is 4. The molecule has 202 valence electrons. The second-order valence-corrected chi connectivity index (χ2v) is 9.76. The van der Waals surface area contributed by atoms with Gasteiger partial charge in [0.2, 0.25) is 17.8 Å². The number of methoxy groups -OCH3 is 1. The first-order valence-corrected chi connectivity index (χ1v) is 13.0. The monoisotopic (exact) mass is 536 g/mol. The van der Waals surface area contributed by atoms with E-state index in [1.165, 1.54) is 6.92 Å². The average Bonchev–Trinajstić information content (AvgIpc) is 3.60. The van der Waals surface area contributed by atoms with Crippen molar-refractivity contribution in [1.82, 2.24) is 14.5 Å². The van der Waals surface area contributed by atoms with Gasteiger partial charge < -0.3 is 20.4 Å². The van der Waals surface area contributed by atoms with E-state index in [2.05, 4.69) is 15.6 Å². The van der Waals surface area contributed by atoms with Gasteiger partial charge in [-0.3, -0.25) is 23.9 Å². The van der Waals surface area contributed by atoms with Crippen molar-refractivity contribution in [1.29, 1.82) is 0 Å². The zero-order chi connectivity index (χ0) is 27.8. The second-order valence-electron chi connectivity index (χ2n) is 9.76. The molecule has 0 fully saturated rings. The van der Waals surface area contributed by atoms with Crippen molar-refractivity contribution in [2.75, 3.05) is 29.2 Å². The number of amides is 3. The average molecular weight is 537 g/mol. The lowest BCUT2D eigenvalue weighted by Crippen LogP contribution is -2.33. The Balaban J connectivity index is 1.23. The summed E-state index contributed by atoms with van der Waals surface area (Å²) in [6.07, 6.45) is 2.51. The van der Waals surface area contributed by atoms with Gasteiger partial charge in [0.15, 0.2) is 0 Å². The zero-order valence-electron chi connectivity index (χ0n) is 22.1. The van der Waals surface area contributed by atoms with Gasteiger partial charge in [-0.1, -0.05) is 12.1 Å². The Morgan fingerprint density at radius 2 is 1.77 bits per heavy atom. The Labute approximate surface area is 229 Å². The molecule has 3 heterocycles. The molecule has 0 saturated heterocycles. The molecule has 3 aromatic carbocycles. The number of carbonyl (C=O) groups excluding carboxylic acids is 3. The number of anilines is 3. The molecule has 6 rings (SSSR count). The van der Waals surface area contributed by atoms with E-state index in [0.717, 1.165) is 33.2 Å². The molecule has 10 heteroatoms. The van der Waals surface area contributed by atoms with Crippen LogP contribution in [0.2, 0.25) is 0 Å². The highest BCUT2D eigenvalue weighted by molar-refractivity contribution is 6.05. The summed E-state index contributed by atoms with van der Waals surface area (Å²) in [5, 5.41) is 6.61. The van der Waals surface area contributed by atoms with Crippen molar-refractivity contribution in [3.05, 3.63) is 78.5 Å². The van der Waals surface area contributed by atoms with Gasteiger partial charge >= 0.3 is 0 Å². The number of ether oxygens (including phenoxy) is 1. The molecule has 1 aliphatic rings. The summed E-state index contributed by atoms with van der Waals surface area (Å²) in [6.45, 7) is 1.85. The number of para-hydroxylation sites is 2. The number of rotatable bonds is 8. The molecule has 5 aromatic rings. The van der Waals surface area contributed by atoms with Crippen molar-refractivity contribution in [3.63, 3.8) is 0 Å². The third-order valence-electron chi connectivity index (χ3n) is 7.13. The number of carbonyl (C=O) groups is 3. The molecule has 10 nitrogen and oxygen atoms in total. The first kappa shape index (κ1) is 25.2. The van der Waals surface area contributed by atoms with Crippen LogP contribution in [0.4, 0.5) is 17.3 Å². The van der Waals surface area contributed by atoms with E-state index in [-0.39, 0.29) is 24.1 Å². The highest BCUT2D eigenvalue weighted by Gasteiger charge is 2.40. The minimum absolute atomic E-state index is 0.0413. The molecule has 3 N–H and O–H groups in total. The summed E-state index contributed by atoms with van der Waals surface area (Å²) >= 11 is 0. The number of benzene rings is 3. The fourth-order valence-electron chi connectivity index (χ4n) is 5.26. The van der Waals surface area contributed by atoms with Gasteiger partial charge in [0.1, 0.15) is 11.8 Å². The molecular formula is C30H28N6O4. The Kier molecular flexibility index (Phi) is 6.43. The first-order chi connectivity index (χ1) is 19.4. The third kappa shape index (κ3) is 4.64. The third-order valence-corrected chi connectivity index (χ3v) is 7.13. The number of H-pyrrole nitrogens is 1. The van der Waals surface area contributed by atoms with Crippen LogP contribution in [-0.4, -0.2) is 45.9 Å². The molecule has 0 spiro atoms. The fraction of sp³-hybridized carbons (Fsp3) is 0.200. The number of nitrogens with one attached hydrogen (secondary N) is 3. The predicted octanol–water partition coefficient (Wildman–Crippen LogP) is 4.64. The van der Waals surface area contributed by atoms with Crippen molar-refractivity contribution in [2.24, 2.45) is 0 Å². The number of aromatic amines is 1. The van der Waals surface area contributed by atoms with Gasteiger partial charge in [-0.25, -0.2) is 4.98 Å². The van der Waals surface area contributed by atoms with E-state index < -0.39 is 6.04 Å². The molecule has 2 aromatic heterocycles.